The summed E-state index contributed by atoms with van der Waals surface area (Å²) in [6.45, 7) is 2.46. The Labute approximate surface area is 229 Å². The van der Waals surface area contributed by atoms with Gasteiger partial charge in [-0.25, -0.2) is 17.9 Å². The van der Waals surface area contributed by atoms with Crippen molar-refractivity contribution in [2.45, 2.75) is 62.6 Å². The maximum atomic E-state index is 13.3. The third kappa shape index (κ3) is 5.81. The molecule has 2 aromatic carbocycles. The first kappa shape index (κ1) is 27.2. The number of hydrogen-bond donors (Lipinski definition) is 1. The Balaban J connectivity index is 1.22. The first-order chi connectivity index (χ1) is 18.8. The molecule has 1 aliphatic heterocycles. The number of fused-ring (bicyclic) bond motifs is 1. The zero-order valence-electron chi connectivity index (χ0n) is 22.3. The maximum Gasteiger partial charge on any atom is 0.510 e. The van der Waals surface area contributed by atoms with E-state index in [0.717, 1.165) is 28.6 Å². The van der Waals surface area contributed by atoms with Gasteiger partial charge in [-0.2, -0.15) is 0 Å². The predicted octanol–water partition coefficient (Wildman–Crippen LogP) is 4.80. The van der Waals surface area contributed by atoms with Crippen LogP contribution in [0.1, 0.15) is 45.4 Å². The molecule has 1 aliphatic carbocycles. The highest BCUT2D eigenvalue weighted by Gasteiger charge is 2.37. The van der Waals surface area contributed by atoms with Crippen molar-refractivity contribution in [1.29, 1.82) is 0 Å². The Morgan fingerprint density at radius 1 is 1.00 bits per heavy atom. The van der Waals surface area contributed by atoms with Crippen LogP contribution in [0.5, 0.6) is 0 Å². The van der Waals surface area contributed by atoms with Gasteiger partial charge >= 0.3 is 6.16 Å². The van der Waals surface area contributed by atoms with E-state index in [0.29, 0.717) is 38.6 Å². The van der Waals surface area contributed by atoms with Crippen molar-refractivity contribution in [3.05, 3.63) is 54.6 Å². The van der Waals surface area contributed by atoms with Crippen molar-refractivity contribution >= 4 is 33.0 Å². The van der Waals surface area contributed by atoms with Crippen LogP contribution in [0.15, 0.2) is 59.5 Å². The van der Waals surface area contributed by atoms with Gasteiger partial charge in [-0.1, -0.05) is 36.4 Å². The second kappa shape index (κ2) is 11.4. The lowest BCUT2D eigenvalue weighted by Crippen LogP contribution is -2.45. The second-order valence-corrected chi connectivity index (χ2v) is 12.0. The van der Waals surface area contributed by atoms with Crippen LogP contribution in [0.25, 0.3) is 22.2 Å². The lowest BCUT2D eigenvalue weighted by atomic mass is 9.85. The van der Waals surface area contributed by atoms with Crippen LogP contribution in [0.4, 0.5) is 4.79 Å². The Morgan fingerprint density at radius 2 is 1.74 bits per heavy atom. The van der Waals surface area contributed by atoms with Gasteiger partial charge in [0.1, 0.15) is 0 Å². The molecule has 3 aromatic rings. The number of sulfonamides is 1. The molecule has 2 aliphatic rings. The summed E-state index contributed by atoms with van der Waals surface area (Å²) in [6.07, 6.45) is 2.29. The minimum atomic E-state index is -3.73. The SMILES string of the molecule is CCOC(=O)O[C@@H]1CCCN1C(=O)[C@H]1CC[C@H](NS(=O)(=O)c2ccc3cc(-c4ccccc4)n(C)c3c2)CC1. The zero-order chi connectivity index (χ0) is 27.6. The molecular weight excluding hydrogens is 518 g/mol. The summed E-state index contributed by atoms with van der Waals surface area (Å²) in [4.78, 5) is 26.8. The van der Waals surface area contributed by atoms with Gasteiger partial charge in [0.25, 0.3) is 0 Å². The van der Waals surface area contributed by atoms with E-state index < -0.39 is 22.4 Å². The number of rotatable bonds is 7. The number of hydrogen-bond acceptors (Lipinski definition) is 6. The molecule has 1 N–H and O–H groups in total. The molecule has 9 nitrogen and oxygen atoms in total. The van der Waals surface area contributed by atoms with Crippen LogP contribution in [-0.2, 0) is 31.3 Å². The highest BCUT2D eigenvalue weighted by molar-refractivity contribution is 7.89. The molecule has 0 radical (unpaired) electrons. The highest BCUT2D eigenvalue weighted by atomic mass is 32.2. The number of amides is 1. The van der Waals surface area contributed by atoms with Gasteiger partial charge < -0.3 is 18.9 Å². The van der Waals surface area contributed by atoms with Crippen LogP contribution >= 0.6 is 0 Å². The molecule has 208 valence electrons. The summed E-state index contributed by atoms with van der Waals surface area (Å²) in [6, 6.07) is 17.0. The number of nitrogens with zero attached hydrogens (tertiary/aromatic N) is 2. The van der Waals surface area contributed by atoms with E-state index >= 15 is 0 Å². The highest BCUT2D eigenvalue weighted by Crippen LogP contribution is 2.32. The standard InChI is InChI=1S/C29H35N3O6S/c1-3-37-29(34)38-27-10-7-17-32(27)28(33)21-11-14-23(15-12-21)30-39(35,36)24-16-13-22-18-25(31(2)26(22)19-24)20-8-5-4-6-9-20/h4-6,8-9,13,16,18-19,21,23,27,30H,3,7,10-12,14-15,17H2,1-2H3/t21-,23-,27-/m1/s1. The summed E-state index contributed by atoms with van der Waals surface area (Å²) < 4.78 is 41.7. The number of ether oxygens (including phenoxy) is 2. The molecule has 1 aromatic heterocycles. The molecule has 39 heavy (non-hydrogen) atoms. The molecule has 5 rings (SSSR count). The lowest BCUT2D eigenvalue weighted by molar-refractivity contribution is -0.144. The number of nitrogens with one attached hydrogen (secondary N) is 1. The molecule has 2 heterocycles. The Morgan fingerprint density at radius 3 is 2.46 bits per heavy atom. The fourth-order valence-corrected chi connectivity index (χ4v) is 7.04. The number of benzene rings is 2. The predicted molar refractivity (Wildman–Crippen MR) is 147 cm³/mol. The van der Waals surface area contributed by atoms with E-state index in [-0.39, 0.29) is 29.4 Å². The van der Waals surface area contributed by atoms with E-state index in [1.807, 2.05) is 48.0 Å². The van der Waals surface area contributed by atoms with Gasteiger partial charge in [0, 0.05) is 48.6 Å². The Bertz CT molecular complexity index is 1440. The van der Waals surface area contributed by atoms with Crippen LogP contribution in [0.2, 0.25) is 0 Å². The summed E-state index contributed by atoms with van der Waals surface area (Å²) in [5.41, 5.74) is 2.93. The van der Waals surface area contributed by atoms with E-state index in [1.54, 1.807) is 24.0 Å². The quantitative estimate of drug-likeness (QED) is 0.421. The van der Waals surface area contributed by atoms with Crippen LogP contribution < -0.4 is 4.72 Å². The molecule has 1 atom stereocenters. The summed E-state index contributed by atoms with van der Waals surface area (Å²) >= 11 is 0. The number of carbonyl (C=O) groups excluding carboxylic acids is 2. The monoisotopic (exact) mass is 553 g/mol. The number of carbonyl (C=O) groups is 2. The van der Waals surface area contributed by atoms with E-state index in [2.05, 4.69) is 10.8 Å². The largest absolute Gasteiger partial charge is 0.510 e. The minimum Gasteiger partial charge on any atom is -0.435 e. The third-order valence-corrected chi connectivity index (χ3v) is 9.29. The molecule has 1 saturated carbocycles. The van der Waals surface area contributed by atoms with Crippen molar-refractivity contribution < 1.29 is 27.5 Å². The minimum absolute atomic E-state index is 0.0357. The van der Waals surface area contributed by atoms with Crippen molar-refractivity contribution in [3.8, 4) is 11.3 Å². The summed E-state index contributed by atoms with van der Waals surface area (Å²) in [7, 11) is -1.79. The maximum absolute atomic E-state index is 13.3. The fourth-order valence-electron chi connectivity index (χ4n) is 5.72. The van der Waals surface area contributed by atoms with Gasteiger partial charge in [-0.3, -0.25) is 4.79 Å². The van der Waals surface area contributed by atoms with E-state index in [4.69, 9.17) is 9.47 Å². The first-order valence-electron chi connectivity index (χ1n) is 13.6. The fraction of sp³-hybridized carbons (Fsp3) is 0.448. The van der Waals surface area contributed by atoms with Crippen LogP contribution in [0.3, 0.4) is 0 Å². The van der Waals surface area contributed by atoms with Gasteiger partial charge in [-0.15, -0.1) is 0 Å². The molecule has 0 unspecified atom stereocenters. The topological polar surface area (TPSA) is 107 Å². The van der Waals surface area contributed by atoms with Gasteiger partial charge in [-0.05, 0) is 62.8 Å². The van der Waals surface area contributed by atoms with Crippen molar-refractivity contribution in [3.63, 3.8) is 0 Å². The van der Waals surface area contributed by atoms with Gasteiger partial charge in [0.15, 0.2) is 6.23 Å². The van der Waals surface area contributed by atoms with Crippen molar-refractivity contribution in [1.82, 2.24) is 14.2 Å². The second-order valence-electron chi connectivity index (χ2n) is 10.3. The zero-order valence-corrected chi connectivity index (χ0v) is 23.2. The summed E-state index contributed by atoms with van der Waals surface area (Å²) in [5.74, 6) is -0.250. The summed E-state index contributed by atoms with van der Waals surface area (Å²) in [5, 5.41) is 0.974. The lowest BCUT2D eigenvalue weighted by Gasteiger charge is -2.32. The van der Waals surface area contributed by atoms with Gasteiger partial charge in [0.2, 0.25) is 15.9 Å². The molecule has 10 heteroatoms. The van der Waals surface area contributed by atoms with Crippen molar-refractivity contribution in [2.75, 3.05) is 13.2 Å². The molecule has 1 saturated heterocycles. The van der Waals surface area contributed by atoms with Gasteiger partial charge in [0.05, 0.1) is 11.5 Å². The number of likely N-dealkylation sites (tertiary alicyclic amines) is 1. The average Bonchev–Trinajstić information content (AvgIpc) is 3.53. The third-order valence-electron chi connectivity index (χ3n) is 7.77. The van der Waals surface area contributed by atoms with E-state index in [1.165, 1.54) is 0 Å². The normalized spacial score (nSPS) is 21.7. The Hall–Kier alpha value is -3.37. The molecule has 2 fully saturated rings. The van der Waals surface area contributed by atoms with Crippen LogP contribution in [0, 0.1) is 5.92 Å². The molecule has 1 amide bonds. The number of aromatic nitrogens is 1. The van der Waals surface area contributed by atoms with Crippen LogP contribution in [-0.4, -0.2) is 55.4 Å². The van der Waals surface area contributed by atoms with E-state index in [9.17, 15) is 18.0 Å². The molecular formula is C29H35N3O6S. The van der Waals surface area contributed by atoms with Crippen molar-refractivity contribution in [2.24, 2.45) is 13.0 Å². The molecule has 0 spiro atoms. The number of aryl methyl sites for hydroxylation is 1. The molecule has 0 bridgehead atoms. The first-order valence-corrected chi connectivity index (χ1v) is 15.1. The average molecular weight is 554 g/mol. The Kier molecular flexibility index (Phi) is 7.95. The smallest absolute Gasteiger partial charge is 0.435 e.